The second-order valence-corrected chi connectivity index (χ2v) is 9.03. The third-order valence-electron chi connectivity index (χ3n) is 7.22. The smallest absolute Gasteiger partial charge is 0.236 e. The highest BCUT2D eigenvalue weighted by Crippen LogP contribution is 2.57. The maximum absolute atomic E-state index is 9.27. The molecule has 6 nitrogen and oxygen atoms in total. The Morgan fingerprint density at radius 2 is 1.93 bits per heavy atom. The molecule has 2 aromatic rings. The Morgan fingerprint density at radius 3 is 2.59 bits per heavy atom. The number of aromatic nitrogens is 4. The van der Waals surface area contributed by atoms with Gasteiger partial charge >= 0.3 is 0 Å². The topological polar surface area (TPSA) is 79.4 Å². The Hall–Kier alpha value is -2.16. The minimum Gasteiger partial charge on any atom is -0.368 e. The van der Waals surface area contributed by atoms with Crippen molar-refractivity contribution in [1.82, 2.24) is 19.5 Å². The van der Waals surface area contributed by atoms with Crippen molar-refractivity contribution in [3.8, 4) is 6.07 Å². The second kappa shape index (κ2) is 6.78. The first-order chi connectivity index (χ1) is 13.2. The van der Waals surface area contributed by atoms with Crippen molar-refractivity contribution >= 4 is 17.0 Å². The van der Waals surface area contributed by atoms with E-state index in [1.807, 2.05) is 6.33 Å². The third kappa shape index (κ3) is 3.40. The minimum atomic E-state index is 0.201. The van der Waals surface area contributed by atoms with Gasteiger partial charge in [0.1, 0.15) is 11.6 Å². The molecule has 0 unspecified atom stereocenters. The molecule has 3 aliphatic rings. The van der Waals surface area contributed by atoms with Crippen LogP contribution in [0.4, 0.5) is 5.82 Å². The van der Waals surface area contributed by atoms with Gasteiger partial charge in [-0.1, -0.05) is 19.3 Å². The molecule has 2 aromatic heterocycles. The molecule has 0 radical (unpaired) electrons. The van der Waals surface area contributed by atoms with Gasteiger partial charge in [-0.3, -0.25) is 0 Å². The van der Waals surface area contributed by atoms with Gasteiger partial charge in [0.05, 0.1) is 6.33 Å². The Labute approximate surface area is 160 Å². The van der Waals surface area contributed by atoms with Gasteiger partial charge < -0.3 is 9.88 Å². The second-order valence-electron chi connectivity index (χ2n) is 9.03. The van der Waals surface area contributed by atoms with Crippen molar-refractivity contribution < 1.29 is 0 Å². The first-order valence-electron chi connectivity index (χ1n) is 10.6. The van der Waals surface area contributed by atoms with E-state index in [0.717, 1.165) is 35.8 Å². The van der Waals surface area contributed by atoms with Crippen molar-refractivity contribution in [1.29, 1.82) is 5.26 Å². The zero-order valence-corrected chi connectivity index (χ0v) is 16.0. The summed E-state index contributed by atoms with van der Waals surface area (Å²) in [5.74, 6) is 2.55. The summed E-state index contributed by atoms with van der Waals surface area (Å²) in [6, 6.07) is 2.08. The molecule has 142 valence electrons. The predicted molar refractivity (Wildman–Crippen MR) is 104 cm³/mol. The average Bonchev–Trinajstić information content (AvgIpc) is 3.29. The standard InChI is InChI=1S/C21H28N6/c22-12-17-25-19(23-11-6-15-2-1-3-15)18-20(26-17)24-14-27(18)13-16-4-7-21(8-5-16)9-10-21/h14-16H,1-11,13H2,(H,23,25,26). The molecule has 0 aromatic carbocycles. The van der Waals surface area contributed by atoms with E-state index in [-0.39, 0.29) is 5.82 Å². The lowest BCUT2D eigenvalue weighted by molar-refractivity contribution is 0.238. The molecule has 0 amide bonds. The summed E-state index contributed by atoms with van der Waals surface area (Å²) in [5.41, 5.74) is 2.34. The molecule has 5 rings (SSSR count). The van der Waals surface area contributed by atoms with Crippen molar-refractivity contribution in [2.75, 3.05) is 11.9 Å². The van der Waals surface area contributed by atoms with Crippen LogP contribution in [0.25, 0.3) is 11.2 Å². The first-order valence-corrected chi connectivity index (χ1v) is 10.6. The van der Waals surface area contributed by atoms with E-state index in [1.165, 1.54) is 64.2 Å². The Morgan fingerprint density at radius 1 is 1.11 bits per heavy atom. The molecule has 0 aliphatic heterocycles. The molecule has 27 heavy (non-hydrogen) atoms. The van der Waals surface area contributed by atoms with Gasteiger partial charge in [-0.05, 0) is 62.2 Å². The third-order valence-corrected chi connectivity index (χ3v) is 7.22. The number of imidazole rings is 1. The van der Waals surface area contributed by atoms with Crippen molar-refractivity contribution in [2.45, 2.75) is 70.8 Å². The maximum atomic E-state index is 9.27. The van der Waals surface area contributed by atoms with Crippen LogP contribution in [-0.2, 0) is 6.54 Å². The fraction of sp³-hybridized carbons (Fsp3) is 0.714. The van der Waals surface area contributed by atoms with Gasteiger partial charge in [-0.15, -0.1) is 0 Å². The maximum Gasteiger partial charge on any atom is 0.236 e. The number of nitrogens with zero attached hydrogens (tertiary/aromatic N) is 5. The van der Waals surface area contributed by atoms with Gasteiger partial charge in [0, 0.05) is 13.1 Å². The molecule has 2 heterocycles. The van der Waals surface area contributed by atoms with Crippen LogP contribution >= 0.6 is 0 Å². The number of rotatable bonds is 6. The van der Waals surface area contributed by atoms with E-state index < -0.39 is 0 Å². The molecule has 1 N–H and O–H groups in total. The van der Waals surface area contributed by atoms with E-state index in [0.29, 0.717) is 11.6 Å². The van der Waals surface area contributed by atoms with Gasteiger partial charge in [-0.2, -0.15) is 15.2 Å². The normalized spacial score (nSPS) is 21.9. The molecule has 6 heteroatoms. The van der Waals surface area contributed by atoms with Crippen LogP contribution in [-0.4, -0.2) is 26.1 Å². The van der Waals surface area contributed by atoms with E-state index in [1.54, 1.807) is 0 Å². The molecule has 3 aliphatic carbocycles. The van der Waals surface area contributed by atoms with Crippen LogP contribution in [0.1, 0.15) is 70.0 Å². The Kier molecular flexibility index (Phi) is 4.26. The number of nitriles is 1. The minimum absolute atomic E-state index is 0.201. The molecular formula is C21H28N6. The Balaban J connectivity index is 1.34. The van der Waals surface area contributed by atoms with Gasteiger partial charge in [0.25, 0.3) is 0 Å². The Bertz CT molecular complexity index is 861. The van der Waals surface area contributed by atoms with Gasteiger partial charge in [0.15, 0.2) is 11.5 Å². The van der Waals surface area contributed by atoms with Crippen LogP contribution in [0, 0.1) is 28.6 Å². The van der Waals surface area contributed by atoms with Crippen LogP contribution in [0.2, 0.25) is 0 Å². The molecule has 0 atom stereocenters. The highest BCUT2D eigenvalue weighted by Gasteiger charge is 2.44. The van der Waals surface area contributed by atoms with Crippen molar-refractivity contribution in [2.24, 2.45) is 17.3 Å². The van der Waals surface area contributed by atoms with Crippen molar-refractivity contribution in [3.05, 3.63) is 12.2 Å². The number of hydrogen-bond acceptors (Lipinski definition) is 5. The van der Waals surface area contributed by atoms with E-state index in [4.69, 9.17) is 0 Å². The van der Waals surface area contributed by atoms with Crippen LogP contribution in [0.15, 0.2) is 6.33 Å². The van der Waals surface area contributed by atoms with E-state index >= 15 is 0 Å². The largest absolute Gasteiger partial charge is 0.368 e. The summed E-state index contributed by atoms with van der Waals surface area (Å²) < 4.78 is 2.22. The fourth-order valence-electron chi connectivity index (χ4n) is 4.89. The molecular weight excluding hydrogens is 336 g/mol. The average molecular weight is 364 g/mol. The lowest BCUT2D eigenvalue weighted by Gasteiger charge is -2.28. The van der Waals surface area contributed by atoms with Crippen LogP contribution in [0.3, 0.4) is 0 Å². The molecule has 1 spiro atoms. The summed E-state index contributed by atoms with van der Waals surface area (Å²) in [7, 11) is 0. The monoisotopic (exact) mass is 364 g/mol. The summed E-state index contributed by atoms with van der Waals surface area (Å²) in [4.78, 5) is 13.3. The SMILES string of the molecule is N#Cc1nc(NCCC2CCC2)c2c(ncn2CC2CCC3(CC2)CC3)n1. The first kappa shape index (κ1) is 17.0. The van der Waals surface area contributed by atoms with E-state index in [9.17, 15) is 5.26 Å². The molecule has 0 saturated heterocycles. The quantitative estimate of drug-likeness (QED) is 0.828. The van der Waals surface area contributed by atoms with Crippen molar-refractivity contribution in [3.63, 3.8) is 0 Å². The highest BCUT2D eigenvalue weighted by atomic mass is 15.1. The lowest BCUT2D eigenvalue weighted by atomic mass is 9.80. The number of nitrogens with one attached hydrogen (secondary N) is 1. The predicted octanol–water partition coefficient (Wildman–Crippen LogP) is 4.27. The summed E-state index contributed by atoms with van der Waals surface area (Å²) in [5, 5.41) is 12.8. The van der Waals surface area contributed by atoms with Gasteiger partial charge in [0.2, 0.25) is 5.82 Å². The number of fused-ring (bicyclic) bond motifs is 1. The van der Waals surface area contributed by atoms with Crippen LogP contribution in [0.5, 0.6) is 0 Å². The summed E-state index contributed by atoms with van der Waals surface area (Å²) in [6.45, 7) is 1.89. The van der Waals surface area contributed by atoms with E-state index in [2.05, 4.69) is 30.9 Å². The zero-order valence-electron chi connectivity index (χ0n) is 16.0. The molecule has 3 saturated carbocycles. The van der Waals surface area contributed by atoms with Gasteiger partial charge in [-0.25, -0.2) is 4.98 Å². The summed E-state index contributed by atoms with van der Waals surface area (Å²) >= 11 is 0. The zero-order chi connectivity index (χ0) is 18.3. The number of anilines is 1. The lowest BCUT2D eigenvalue weighted by Crippen LogP contribution is -2.20. The molecule has 3 fully saturated rings. The summed E-state index contributed by atoms with van der Waals surface area (Å²) in [6.07, 6.45) is 15.5. The molecule has 0 bridgehead atoms. The number of hydrogen-bond donors (Lipinski definition) is 1. The van der Waals surface area contributed by atoms with Crippen LogP contribution < -0.4 is 5.32 Å². The fourth-order valence-corrected chi connectivity index (χ4v) is 4.89. The highest BCUT2D eigenvalue weighted by molar-refractivity contribution is 5.83.